The van der Waals surface area contributed by atoms with Crippen LogP contribution in [0, 0.1) is 0 Å². The third kappa shape index (κ3) is 2.54. The van der Waals surface area contributed by atoms with Gasteiger partial charge in [-0.15, -0.1) is 0 Å². The van der Waals surface area contributed by atoms with E-state index in [1.54, 1.807) is 7.05 Å². The molecular formula is C8H13N3O3. The lowest BCUT2D eigenvalue weighted by Gasteiger charge is -2.01. The highest BCUT2D eigenvalue weighted by molar-refractivity contribution is 5.85. The maximum absolute atomic E-state index is 10.6. The van der Waals surface area contributed by atoms with E-state index in [0.29, 0.717) is 13.1 Å². The zero-order valence-electron chi connectivity index (χ0n) is 7.90. The number of hydrogen-bond donors (Lipinski definition) is 3. The number of nitrogens with zero attached hydrogens (tertiary/aromatic N) is 2. The van der Waals surface area contributed by atoms with Crippen LogP contribution in [-0.2, 0) is 13.6 Å². The molecule has 3 N–H and O–H groups in total. The van der Waals surface area contributed by atoms with Crippen LogP contribution in [0.2, 0.25) is 0 Å². The highest BCUT2D eigenvalue weighted by atomic mass is 16.4. The molecule has 0 unspecified atom stereocenters. The van der Waals surface area contributed by atoms with Crippen LogP contribution in [-0.4, -0.2) is 39.1 Å². The molecule has 0 aromatic carbocycles. The van der Waals surface area contributed by atoms with E-state index >= 15 is 0 Å². The van der Waals surface area contributed by atoms with Crippen molar-refractivity contribution in [3.8, 4) is 0 Å². The van der Waals surface area contributed by atoms with Gasteiger partial charge in [-0.3, -0.25) is 4.68 Å². The van der Waals surface area contributed by atoms with Gasteiger partial charge >= 0.3 is 5.97 Å². The Kier molecular flexibility index (Phi) is 3.61. The zero-order chi connectivity index (χ0) is 10.6. The van der Waals surface area contributed by atoms with Crippen molar-refractivity contribution in [3.63, 3.8) is 0 Å². The van der Waals surface area contributed by atoms with Gasteiger partial charge in [0.15, 0.2) is 5.69 Å². The monoisotopic (exact) mass is 199 g/mol. The molecule has 0 atom stereocenters. The third-order valence-electron chi connectivity index (χ3n) is 1.79. The molecule has 0 saturated heterocycles. The highest BCUT2D eigenvalue weighted by Crippen LogP contribution is 2.02. The summed E-state index contributed by atoms with van der Waals surface area (Å²) in [5.74, 6) is -1.03. The maximum Gasteiger partial charge on any atom is 0.356 e. The number of rotatable bonds is 5. The molecule has 1 aromatic heterocycles. The summed E-state index contributed by atoms with van der Waals surface area (Å²) in [5.41, 5.74) is 0.809. The van der Waals surface area contributed by atoms with Gasteiger partial charge in [0.25, 0.3) is 0 Å². The molecule has 0 saturated carbocycles. The maximum atomic E-state index is 10.6. The second-order valence-corrected chi connectivity index (χ2v) is 2.85. The fourth-order valence-electron chi connectivity index (χ4n) is 1.07. The largest absolute Gasteiger partial charge is 0.476 e. The summed E-state index contributed by atoms with van der Waals surface area (Å²) in [4.78, 5) is 10.6. The van der Waals surface area contributed by atoms with E-state index in [-0.39, 0.29) is 12.3 Å². The molecule has 0 aliphatic carbocycles. The Morgan fingerprint density at radius 2 is 2.43 bits per heavy atom. The molecule has 0 aliphatic rings. The summed E-state index contributed by atoms with van der Waals surface area (Å²) in [6.45, 7) is 1.04. The molecule has 0 spiro atoms. The summed E-state index contributed by atoms with van der Waals surface area (Å²) in [6, 6.07) is 1.51. The van der Waals surface area contributed by atoms with Crippen molar-refractivity contribution in [3.05, 3.63) is 17.5 Å². The van der Waals surface area contributed by atoms with Gasteiger partial charge in [0.05, 0.1) is 12.3 Å². The van der Waals surface area contributed by atoms with Crippen LogP contribution in [0.4, 0.5) is 0 Å². The Labute approximate surface area is 81.2 Å². The molecule has 6 heteroatoms. The number of carbonyl (C=O) groups is 1. The molecule has 78 valence electrons. The minimum atomic E-state index is -1.03. The molecule has 6 nitrogen and oxygen atoms in total. The number of aromatic carboxylic acids is 1. The number of aryl methyl sites for hydroxylation is 1. The number of nitrogens with one attached hydrogen (secondary N) is 1. The van der Waals surface area contributed by atoms with E-state index in [1.807, 2.05) is 0 Å². The van der Waals surface area contributed by atoms with Crippen LogP contribution < -0.4 is 5.32 Å². The molecule has 0 radical (unpaired) electrons. The Morgan fingerprint density at radius 1 is 1.71 bits per heavy atom. The lowest BCUT2D eigenvalue weighted by Crippen LogP contribution is -2.19. The summed E-state index contributed by atoms with van der Waals surface area (Å²) in [6.07, 6.45) is 0. The molecule has 0 aliphatic heterocycles. The highest BCUT2D eigenvalue weighted by Gasteiger charge is 2.10. The SMILES string of the molecule is Cn1nc(C(=O)O)cc1CNCCO. The molecule has 1 aromatic rings. The fraction of sp³-hybridized carbons (Fsp3) is 0.500. The first-order valence-electron chi connectivity index (χ1n) is 4.23. The van der Waals surface area contributed by atoms with Crippen LogP contribution in [0.25, 0.3) is 0 Å². The normalized spacial score (nSPS) is 10.4. The second-order valence-electron chi connectivity index (χ2n) is 2.85. The van der Waals surface area contributed by atoms with Crippen LogP contribution in [0.15, 0.2) is 6.07 Å². The lowest BCUT2D eigenvalue weighted by molar-refractivity contribution is 0.0689. The van der Waals surface area contributed by atoms with Gasteiger partial charge in [-0.25, -0.2) is 4.79 Å². The average Bonchev–Trinajstić information content (AvgIpc) is 2.49. The van der Waals surface area contributed by atoms with Gasteiger partial charge < -0.3 is 15.5 Å². The molecule has 0 fully saturated rings. The van der Waals surface area contributed by atoms with Gasteiger partial charge in [-0.05, 0) is 6.07 Å². The number of carboxylic acids is 1. The Hall–Kier alpha value is -1.40. The first-order chi connectivity index (χ1) is 6.65. The lowest BCUT2D eigenvalue weighted by atomic mass is 10.3. The van der Waals surface area contributed by atoms with Crippen LogP contribution in [0.3, 0.4) is 0 Å². The molecule has 0 amide bonds. The summed E-state index contributed by atoms with van der Waals surface area (Å²) < 4.78 is 1.51. The molecule has 1 heterocycles. The fourth-order valence-corrected chi connectivity index (χ4v) is 1.07. The van der Waals surface area contributed by atoms with Crippen LogP contribution >= 0.6 is 0 Å². The number of carboxylic acid groups (broad SMARTS) is 1. The van der Waals surface area contributed by atoms with E-state index in [9.17, 15) is 4.79 Å². The quantitative estimate of drug-likeness (QED) is 0.540. The Balaban J connectivity index is 2.63. The van der Waals surface area contributed by atoms with Gasteiger partial charge in [0.1, 0.15) is 0 Å². The minimum absolute atomic E-state index is 0.0355. The van der Waals surface area contributed by atoms with Crippen molar-refractivity contribution in [2.75, 3.05) is 13.2 Å². The number of hydrogen-bond acceptors (Lipinski definition) is 4. The van der Waals surface area contributed by atoms with Gasteiger partial charge in [-0.1, -0.05) is 0 Å². The van der Waals surface area contributed by atoms with Crippen molar-refractivity contribution >= 4 is 5.97 Å². The molecule has 1 rings (SSSR count). The summed E-state index contributed by atoms with van der Waals surface area (Å²) >= 11 is 0. The van der Waals surface area contributed by atoms with E-state index < -0.39 is 5.97 Å². The van der Waals surface area contributed by atoms with E-state index in [2.05, 4.69) is 10.4 Å². The van der Waals surface area contributed by atoms with E-state index in [0.717, 1.165) is 5.69 Å². The summed E-state index contributed by atoms with van der Waals surface area (Å²) in [7, 11) is 1.68. The molecule has 14 heavy (non-hydrogen) atoms. The van der Waals surface area contributed by atoms with Crippen molar-refractivity contribution in [2.45, 2.75) is 6.54 Å². The second kappa shape index (κ2) is 4.73. The van der Waals surface area contributed by atoms with Crippen LogP contribution in [0.5, 0.6) is 0 Å². The van der Waals surface area contributed by atoms with Crippen molar-refractivity contribution < 1.29 is 15.0 Å². The number of aliphatic hydroxyl groups is 1. The van der Waals surface area contributed by atoms with Gasteiger partial charge in [0, 0.05) is 20.1 Å². The Morgan fingerprint density at radius 3 is 2.93 bits per heavy atom. The number of aliphatic hydroxyl groups excluding tert-OH is 1. The van der Waals surface area contributed by atoms with Gasteiger partial charge in [-0.2, -0.15) is 5.10 Å². The van der Waals surface area contributed by atoms with Crippen LogP contribution in [0.1, 0.15) is 16.2 Å². The summed E-state index contributed by atoms with van der Waals surface area (Å²) in [5, 5.41) is 23.9. The van der Waals surface area contributed by atoms with Crippen molar-refractivity contribution in [1.29, 1.82) is 0 Å². The Bertz CT molecular complexity index is 322. The smallest absolute Gasteiger partial charge is 0.356 e. The number of aromatic nitrogens is 2. The first-order valence-corrected chi connectivity index (χ1v) is 4.23. The third-order valence-corrected chi connectivity index (χ3v) is 1.79. The topological polar surface area (TPSA) is 87.4 Å². The first kappa shape index (κ1) is 10.7. The molecule has 0 bridgehead atoms. The predicted molar refractivity (Wildman–Crippen MR) is 49.0 cm³/mol. The zero-order valence-corrected chi connectivity index (χ0v) is 7.90. The minimum Gasteiger partial charge on any atom is -0.476 e. The molecular weight excluding hydrogens is 186 g/mol. The standard InChI is InChI=1S/C8H13N3O3/c1-11-6(5-9-2-3-12)4-7(10-11)8(13)14/h4,9,12H,2-3,5H2,1H3,(H,13,14). The average molecular weight is 199 g/mol. The van der Waals surface area contributed by atoms with Gasteiger partial charge in [0.2, 0.25) is 0 Å². The van der Waals surface area contributed by atoms with E-state index in [1.165, 1.54) is 10.7 Å². The van der Waals surface area contributed by atoms with Crippen molar-refractivity contribution in [2.24, 2.45) is 7.05 Å². The predicted octanol–water partition coefficient (Wildman–Crippen LogP) is -0.800. The van der Waals surface area contributed by atoms with Crippen molar-refractivity contribution in [1.82, 2.24) is 15.1 Å². The van der Waals surface area contributed by atoms with E-state index in [4.69, 9.17) is 10.2 Å².